The van der Waals surface area contributed by atoms with Gasteiger partial charge in [0.05, 0.1) is 6.54 Å². The van der Waals surface area contributed by atoms with Crippen molar-refractivity contribution >= 4 is 47.2 Å². The minimum atomic E-state index is -2.39. The van der Waals surface area contributed by atoms with Crippen molar-refractivity contribution in [3.05, 3.63) is 29.3 Å². The van der Waals surface area contributed by atoms with Gasteiger partial charge in [-0.05, 0) is 24.6 Å². The van der Waals surface area contributed by atoms with E-state index in [2.05, 4.69) is 20.5 Å². The topological polar surface area (TPSA) is 39.7 Å². The van der Waals surface area contributed by atoms with Gasteiger partial charge in [-0.3, -0.25) is 4.99 Å². The molecule has 0 amide bonds. The number of hydrogen-bond donors (Lipinski definition) is 2. The maximum absolute atomic E-state index is 12.2. The Labute approximate surface area is 151 Å². The smallest absolute Gasteiger partial charge is 0.255 e. The van der Waals surface area contributed by atoms with E-state index < -0.39 is 13.0 Å². The molecule has 1 saturated heterocycles. The summed E-state index contributed by atoms with van der Waals surface area (Å²) in [6, 6.07) is 7.87. The average Bonchev–Trinajstić information content (AvgIpc) is 2.92. The first-order valence-electron chi connectivity index (χ1n) is 6.84. The van der Waals surface area contributed by atoms with E-state index in [4.69, 9.17) is 11.6 Å². The fourth-order valence-corrected chi connectivity index (χ4v) is 2.53. The van der Waals surface area contributed by atoms with Crippen LogP contribution in [0.2, 0.25) is 5.02 Å². The minimum absolute atomic E-state index is 0. The maximum Gasteiger partial charge on any atom is 0.255 e. The number of hydrogen-bond acceptors (Lipinski definition) is 2. The van der Waals surface area contributed by atoms with E-state index in [9.17, 15) is 8.78 Å². The number of rotatable bonds is 4. The summed E-state index contributed by atoms with van der Waals surface area (Å²) >= 11 is 5.99. The monoisotopic (exact) mass is 444 g/mol. The fraction of sp³-hybridized carbons (Fsp3) is 0.500. The number of nitrogens with one attached hydrogen (secondary N) is 2. The van der Waals surface area contributed by atoms with Gasteiger partial charge in [-0.2, -0.15) is 0 Å². The van der Waals surface area contributed by atoms with Crippen LogP contribution in [0.3, 0.4) is 0 Å². The maximum atomic E-state index is 12.2. The summed E-state index contributed by atoms with van der Waals surface area (Å²) in [4.78, 5) is 6.17. The van der Waals surface area contributed by atoms with Gasteiger partial charge in [0.1, 0.15) is 0 Å². The zero-order chi connectivity index (χ0) is 15.2. The Hall–Kier alpha value is -0.830. The first-order chi connectivity index (χ1) is 10.1. The molecular formula is C14H20ClF2IN4. The summed E-state index contributed by atoms with van der Waals surface area (Å²) in [5.74, 6) is 0.410. The fourth-order valence-electron chi connectivity index (χ4n) is 2.35. The molecule has 4 nitrogen and oxygen atoms in total. The SMILES string of the molecule is CN=C(NCC(F)F)NC1CCN(c2cccc(Cl)c2)C1.I. The van der Waals surface area contributed by atoms with Crippen LogP contribution in [0.1, 0.15) is 6.42 Å². The number of aliphatic imine (C=N–C) groups is 1. The summed E-state index contributed by atoms with van der Waals surface area (Å²) in [6.07, 6.45) is -1.47. The molecule has 22 heavy (non-hydrogen) atoms. The highest BCUT2D eigenvalue weighted by atomic mass is 127. The molecule has 1 aliphatic heterocycles. The number of nitrogens with zero attached hydrogens (tertiary/aromatic N) is 2. The lowest BCUT2D eigenvalue weighted by atomic mass is 10.3. The van der Waals surface area contributed by atoms with Crippen LogP contribution in [-0.4, -0.2) is 45.1 Å². The number of benzene rings is 1. The molecule has 8 heteroatoms. The number of anilines is 1. The number of halogens is 4. The third-order valence-corrected chi connectivity index (χ3v) is 3.58. The quantitative estimate of drug-likeness (QED) is 0.426. The Morgan fingerprint density at radius 2 is 2.27 bits per heavy atom. The first-order valence-corrected chi connectivity index (χ1v) is 7.22. The highest BCUT2D eigenvalue weighted by molar-refractivity contribution is 14.0. The van der Waals surface area contributed by atoms with Gasteiger partial charge in [-0.25, -0.2) is 8.78 Å². The van der Waals surface area contributed by atoms with E-state index in [1.54, 1.807) is 7.05 Å². The van der Waals surface area contributed by atoms with Gasteiger partial charge in [-0.15, -0.1) is 24.0 Å². The number of alkyl halides is 2. The molecule has 0 aliphatic carbocycles. The molecule has 0 radical (unpaired) electrons. The standard InChI is InChI=1S/C14H19ClF2N4.HI/c1-18-14(19-8-13(16)17)20-11-5-6-21(9-11)12-4-2-3-10(15)7-12;/h2-4,7,11,13H,5-6,8-9H2,1H3,(H2,18,19,20);1H. The lowest BCUT2D eigenvalue weighted by Gasteiger charge is -2.20. The Bertz CT molecular complexity index is 501. The molecular weight excluding hydrogens is 425 g/mol. The Morgan fingerprint density at radius 3 is 2.91 bits per heavy atom. The van der Waals surface area contributed by atoms with Gasteiger partial charge < -0.3 is 15.5 Å². The highest BCUT2D eigenvalue weighted by Gasteiger charge is 2.23. The molecule has 1 unspecified atom stereocenters. The first kappa shape index (κ1) is 19.2. The predicted molar refractivity (Wildman–Crippen MR) is 98.0 cm³/mol. The third-order valence-electron chi connectivity index (χ3n) is 3.35. The molecule has 0 saturated carbocycles. The van der Waals surface area contributed by atoms with Gasteiger partial charge in [-0.1, -0.05) is 17.7 Å². The lowest BCUT2D eigenvalue weighted by Crippen LogP contribution is -2.45. The van der Waals surface area contributed by atoms with E-state index in [1.807, 2.05) is 24.3 Å². The van der Waals surface area contributed by atoms with E-state index in [-0.39, 0.29) is 30.0 Å². The van der Waals surface area contributed by atoms with Crippen molar-refractivity contribution in [2.45, 2.75) is 18.9 Å². The number of guanidine groups is 1. The van der Waals surface area contributed by atoms with E-state index in [1.165, 1.54) is 0 Å². The van der Waals surface area contributed by atoms with Crippen molar-refractivity contribution in [3.63, 3.8) is 0 Å². The van der Waals surface area contributed by atoms with Crippen LogP contribution in [0.25, 0.3) is 0 Å². The molecule has 1 aromatic rings. The zero-order valence-corrected chi connectivity index (χ0v) is 15.3. The van der Waals surface area contributed by atoms with E-state index in [0.29, 0.717) is 11.0 Å². The summed E-state index contributed by atoms with van der Waals surface area (Å²) in [5, 5.41) is 6.48. The largest absolute Gasteiger partial charge is 0.369 e. The van der Waals surface area contributed by atoms with Crippen LogP contribution in [0.15, 0.2) is 29.3 Å². The normalized spacial score (nSPS) is 18.3. The molecule has 1 aliphatic rings. The molecule has 0 aromatic heterocycles. The molecule has 0 bridgehead atoms. The van der Waals surface area contributed by atoms with Crippen molar-refractivity contribution < 1.29 is 8.78 Å². The van der Waals surface area contributed by atoms with Crippen LogP contribution in [0.5, 0.6) is 0 Å². The van der Waals surface area contributed by atoms with E-state index in [0.717, 1.165) is 25.2 Å². The molecule has 1 aromatic carbocycles. The predicted octanol–water partition coefficient (Wildman–Crippen LogP) is 2.97. The van der Waals surface area contributed by atoms with Crippen molar-refractivity contribution in [3.8, 4) is 0 Å². The van der Waals surface area contributed by atoms with Crippen LogP contribution in [-0.2, 0) is 0 Å². The average molecular weight is 445 g/mol. The Kier molecular flexibility index (Phi) is 8.16. The van der Waals surface area contributed by atoms with Crippen LogP contribution in [0.4, 0.5) is 14.5 Å². The van der Waals surface area contributed by atoms with Gasteiger partial charge in [0.15, 0.2) is 5.96 Å². The highest BCUT2D eigenvalue weighted by Crippen LogP contribution is 2.23. The van der Waals surface area contributed by atoms with Gasteiger partial charge in [0.2, 0.25) is 0 Å². The van der Waals surface area contributed by atoms with Crippen molar-refractivity contribution in [1.29, 1.82) is 0 Å². The van der Waals surface area contributed by atoms with Crippen LogP contribution < -0.4 is 15.5 Å². The second kappa shape index (κ2) is 9.34. The second-order valence-corrected chi connectivity index (χ2v) is 5.34. The zero-order valence-electron chi connectivity index (χ0n) is 12.2. The molecule has 2 rings (SSSR count). The van der Waals surface area contributed by atoms with Crippen molar-refractivity contribution in [1.82, 2.24) is 10.6 Å². The van der Waals surface area contributed by atoms with Gasteiger partial charge in [0.25, 0.3) is 6.43 Å². The Morgan fingerprint density at radius 1 is 1.50 bits per heavy atom. The molecule has 2 N–H and O–H groups in total. The second-order valence-electron chi connectivity index (χ2n) is 4.90. The Balaban J connectivity index is 0.00000242. The molecule has 0 spiro atoms. The molecule has 1 fully saturated rings. The van der Waals surface area contributed by atoms with Crippen molar-refractivity contribution in [2.24, 2.45) is 4.99 Å². The molecule has 124 valence electrons. The summed E-state index contributed by atoms with van der Waals surface area (Å²) in [6.45, 7) is 1.28. The molecule has 1 atom stereocenters. The van der Waals surface area contributed by atoms with Crippen LogP contribution in [0, 0.1) is 0 Å². The summed E-state index contributed by atoms with van der Waals surface area (Å²) in [5.41, 5.74) is 1.07. The van der Waals surface area contributed by atoms with Crippen molar-refractivity contribution in [2.75, 3.05) is 31.6 Å². The summed E-state index contributed by atoms with van der Waals surface area (Å²) in [7, 11) is 1.57. The van der Waals surface area contributed by atoms with E-state index >= 15 is 0 Å². The summed E-state index contributed by atoms with van der Waals surface area (Å²) < 4.78 is 24.4. The minimum Gasteiger partial charge on any atom is -0.369 e. The third kappa shape index (κ3) is 5.75. The van der Waals surface area contributed by atoms with Crippen LogP contribution >= 0.6 is 35.6 Å². The molecule has 1 heterocycles. The lowest BCUT2D eigenvalue weighted by molar-refractivity contribution is 0.152. The van der Waals surface area contributed by atoms with Gasteiger partial charge >= 0.3 is 0 Å². The van der Waals surface area contributed by atoms with Gasteiger partial charge in [0, 0.05) is 36.9 Å².